The molecule has 0 unspecified atom stereocenters. The normalized spacial score (nSPS) is 24.7. The first-order valence-corrected chi connectivity index (χ1v) is 11.8. The third kappa shape index (κ3) is 3.33. The Morgan fingerprint density at radius 1 is 1.00 bits per heavy atom. The summed E-state index contributed by atoms with van der Waals surface area (Å²) in [6, 6.07) is 14.3. The zero-order valence-electron chi connectivity index (χ0n) is 18.2. The molecule has 1 aromatic carbocycles. The molecule has 0 radical (unpaired) electrons. The summed E-state index contributed by atoms with van der Waals surface area (Å²) in [7, 11) is 0. The third-order valence-corrected chi connectivity index (χ3v) is 7.70. The average Bonchev–Trinajstić information content (AvgIpc) is 3.24. The van der Waals surface area contributed by atoms with Crippen molar-refractivity contribution in [2.45, 2.75) is 61.7 Å². The molecule has 1 aliphatic heterocycles. The summed E-state index contributed by atoms with van der Waals surface area (Å²) >= 11 is 0. The lowest BCUT2D eigenvalue weighted by Crippen LogP contribution is -2.38. The molecule has 0 bridgehead atoms. The summed E-state index contributed by atoms with van der Waals surface area (Å²) in [6.45, 7) is 1.27. The smallest absolute Gasteiger partial charge is 0.233 e. The highest BCUT2D eigenvalue weighted by atomic mass is 16.5. The van der Waals surface area contributed by atoms with Crippen LogP contribution in [0.25, 0.3) is 0 Å². The number of benzene rings is 1. The van der Waals surface area contributed by atoms with Crippen LogP contribution in [0.3, 0.4) is 0 Å². The molecule has 1 amide bonds. The summed E-state index contributed by atoms with van der Waals surface area (Å²) in [4.78, 5) is 24.9. The molecule has 0 spiro atoms. The Balaban J connectivity index is 1.30. The van der Waals surface area contributed by atoms with Gasteiger partial charge in [-0.25, -0.2) is 0 Å². The lowest BCUT2D eigenvalue weighted by atomic mass is 9.90. The fraction of sp³-hybridized carbons (Fsp3) is 0.462. The fourth-order valence-corrected chi connectivity index (χ4v) is 5.71. The third-order valence-electron chi connectivity index (χ3n) is 7.70. The lowest BCUT2D eigenvalue weighted by molar-refractivity contribution is -0.133. The number of pyridine rings is 1. The minimum Gasteiger partial charge on any atom is -0.340 e. The number of carbonyl (C=O) groups is 1. The van der Waals surface area contributed by atoms with Crippen LogP contribution in [0.4, 0.5) is 0 Å². The number of rotatable bonds is 5. The molecule has 2 saturated carbocycles. The lowest BCUT2D eigenvalue weighted by Gasteiger charge is -2.23. The number of aromatic nitrogens is 3. The minimum atomic E-state index is -0.362. The van der Waals surface area contributed by atoms with Crippen molar-refractivity contribution < 1.29 is 9.32 Å². The van der Waals surface area contributed by atoms with Crippen LogP contribution in [-0.4, -0.2) is 39.0 Å². The van der Waals surface area contributed by atoms with E-state index in [0.29, 0.717) is 24.9 Å². The van der Waals surface area contributed by atoms with Gasteiger partial charge in [-0.2, -0.15) is 4.98 Å². The van der Waals surface area contributed by atoms with Crippen molar-refractivity contribution >= 4 is 5.91 Å². The molecule has 6 rings (SSSR count). The van der Waals surface area contributed by atoms with Gasteiger partial charge < -0.3 is 9.42 Å². The van der Waals surface area contributed by atoms with Crippen molar-refractivity contribution in [3.63, 3.8) is 0 Å². The SMILES string of the molecule is O=C(N1C[C@@H](c2cccnc2)[C@H](c2nc(C3CCCC3)no2)C1)C1(c2ccccc2)CC1. The first-order valence-electron chi connectivity index (χ1n) is 11.8. The molecular weight excluding hydrogens is 400 g/mol. The van der Waals surface area contributed by atoms with Crippen molar-refractivity contribution in [1.29, 1.82) is 0 Å². The van der Waals surface area contributed by atoms with Crippen LogP contribution >= 0.6 is 0 Å². The molecule has 1 saturated heterocycles. The van der Waals surface area contributed by atoms with Crippen LogP contribution in [0.1, 0.15) is 79.1 Å². The molecular formula is C26H28N4O2. The molecule has 2 aliphatic carbocycles. The Morgan fingerprint density at radius 3 is 2.50 bits per heavy atom. The van der Waals surface area contributed by atoms with Crippen LogP contribution < -0.4 is 0 Å². The van der Waals surface area contributed by atoms with Crippen LogP contribution in [-0.2, 0) is 10.2 Å². The molecule has 32 heavy (non-hydrogen) atoms. The maximum atomic E-state index is 13.7. The Bertz CT molecular complexity index is 1090. The summed E-state index contributed by atoms with van der Waals surface area (Å²) in [5, 5.41) is 4.34. The summed E-state index contributed by atoms with van der Waals surface area (Å²) in [6.07, 6.45) is 10.3. The predicted octanol–water partition coefficient (Wildman–Crippen LogP) is 4.56. The quantitative estimate of drug-likeness (QED) is 0.596. The molecule has 2 atom stereocenters. The number of hydrogen-bond donors (Lipinski definition) is 0. The van der Waals surface area contributed by atoms with Crippen LogP contribution in [0, 0.1) is 0 Å². The highest BCUT2D eigenvalue weighted by Crippen LogP contribution is 2.51. The molecule has 2 aromatic heterocycles. The van der Waals surface area contributed by atoms with E-state index in [2.05, 4.69) is 28.3 Å². The van der Waals surface area contributed by atoms with Gasteiger partial charge in [-0.15, -0.1) is 0 Å². The second-order valence-corrected chi connectivity index (χ2v) is 9.63. The minimum absolute atomic E-state index is 0.00243. The zero-order chi connectivity index (χ0) is 21.5. The Morgan fingerprint density at radius 2 is 1.78 bits per heavy atom. The number of amides is 1. The molecule has 0 N–H and O–H groups in total. The highest BCUT2D eigenvalue weighted by Gasteiger charge is 2.55. The molecule has 6 nitrogen and oxygen atoms in total. The van der Waals surface area contributed by atoms with Crippen LogP contribution in [0.2, 0.25) is 0 Å². The van der Waals surface area contributed by atoms with Gasteiger partial charge in [0.2, 0.25) is 11.8 Å². The maximum absolute atomic E-state index is 13.7. The Hall–Kier alpha value is -3.02. The van der Waals surface area contributed by atoms with Crippen molar-refractivity contribution in [3.8, 4) is 0 Å². The average molecular weight is 429 g/mol. The molecule has 3 aromatic rings. The van der Waals surface area contributed by atoms with Crippen molar-refractivity contribution in [3.05, 3.63) is 77.7 Å². The summed E-state index contributed by atoms with van der Waals surface area (Å²) in [5.74, 6) is 2.26. The monoisotopic (exact) mass is 428 g/mol. The van der Waals surface area contributed by atoms with Crippen molar-refractivity contribution in [2.24, 2.45) is 0 Å². The number of nitrogens with zero attached hydrogens (tertiary/aromatic N) is 4. The topological polar surface area (TPSA) is 72.1 Å². The Kier molecular flexibility index (Phi) is 4.81. The van der Waals surface area contributed by atoms with E-state index in [-0.39, 0.29) is 23.2 Å². The number of likely N-dealkylation sites (tertiary alicyclic amines) is 1. The second-order valence-electron chi connectivity index (χ2n) is 9.63. The zero-order valence-corrected chi connectivity index (χ0v) is 18.2. The summed E-state index contributed by atoms with van der Waals surface area (Å²) < 4.78 is 5.81. The van der Waals surface area contributed by atoms with Gasteiger partial charge in [0.25, 0.3) is 0 Å². The second kappa shape index (κ2) is 7.84. The Labute approximate surface area is 188 Å². The van der Waals surface area contributed by atoms with Gasteiger partial charge in [-0.1, -0.05) is 54.4 Å². The molecule has 6 heteroatoms. The highest BCUT2D eigenvalue weighted by molar-refractivity contribution is 5.91. The fourth-order valence-electron chi connectivity index (χ4n) is 5.71. The van der Waals surface area contributed by atoms with E-state index in [0.717, 1.165) is 42.6 Å². The van der Waals surface area contributed by atoms with Gasteiger partial charge in [0.05, 0.1) is 11.3 Å². The molecule has 3 aliphatic rings. The van der Waals surface area contributed by atoms with E-state index in [1.165, 1.54) is 12.8 Å². The van der Waals surface area contributed by atoms with Gasteiger partial charge in [-0.05, 0) is 42.9 Å². The standard InChI is InChI=1S/C26H28N4O2/c31-25(26(12-13-26)20-10-2-1-3-11-20)30-16-21(19-9-6-14-27-15-19)22(17-30)24-28-23(29-32-24)18-7-4-5-8-18/h1-3,6,9-11,14-15,18,21-22H,4-5,7-8,12-13,16-17H2/t21-,22+/m0/s1. The molecule has 3 fully saturated rings. The number of hydrogen-bond acceptors (Lipinski definition) is 5. The molecule has 3 heterocycles. The maximum Gasteiger partial charge on any atom is 0.233 e. The van der Waals surface area contributed by atoms with Crippen LogP contribution in [0.15, 0.2) is 59.4 Å². The van der Waals surface area contributed by atoms with Crippen LogP contribution in [0.5, 0.6) is 0 Å². The van der Waals surface area contributed by atoms with Crippen molar-refractivity contribution in [1.82, 2.24) is 20.0 Å². The van der Waals surface area contributed by atoms with Gasteiger partial charge in [-0.3, -0.25) is 9.78 Å². The first kappa shape index (κ1) is 19.6. The molecule has 164 valence electrons. The van der Waals surface area contributed by atoms with E-state index < -0.39 is 0 Å². The number of carbonyl (C=O) groups excluding carboxylic acids is 1. The van der Waals surface area contributed by atoms with E-state index in [9.17, 15) is 4.79 Å². The van der Waals surface area contributed by atoms with Gasteiger partial charge in [0, 0.05) is 37.3 Å². The van der Waals surface area contributed by atoms with E-state index >= 15 is 0 Å². The van der Waals surface area contributed by atoms with Gasteiger partial charge in [0.15, 0.2) is 5.82 Å². The van der Waals surface area contributed by atoms with E-state index in [1.54, 1.807) is 6.20 Å². The van der Waals surface area contributed by atoms with Crippen molar-refractivity contribution in [2.75, 3.05) is 13.1 Å². The predicted molar refractivity (Wildman–Crippen MR) is 119 cm³/mol. The first-order chi connectivity index (χ1) is 15.7. The van der Waals surface area contributed by atoms with E-state index in [4.69, 9.17) is 9.51 Å². The summed E-state index contributed by atoms with van der Waals surface area (Å²) in [5.41, 5.74) is 1.89. The van der Waals surface area contributed by atoms with E-state index in [1.807, 2.05) is 35.4 Å². The van der Waals surface area contributed by atoms with Gasteiger partial charge in [0.1, 0.15) is 0 Å². The largest absolute Gasteiger partial charge is 0.340 e. The van der Waals surface area contributed by atoms with Gasteiger partial charge >= 0.3 is 0 Å².